The van der Waals surface area contributed by atoms with Crippen molar-refractivity contribution in [3.05, 3.63) is 0 Å². The van der Waals surface area contributed by atoms with Crippen LogP contribution in [-0.2, 0) is 33.3 Å². The predicted molar refractivity (Wildman–Crippen MR) is 164 cm³/mol. The number of likely N-dealkylation sites (N-methyl/N-ethyl adjacent to an activating group) is 1. The summed E-state index contributed by atoms with van der Waals surface area (Å²) in [5.74, 6) is -1.77. The summed E-state index contributed by atoms with van der Waals surface area (Å²) in [7, 11) is 3.70. The molecule has 5 aliphatic heterocycles. The van der Waals surface area contributed by atoms with Crippen molar-refractivity contribution in [2.75, 3.05) is 27.3 Å². The summed E-state index contributed by atoms with van der Waals surface area (Å²) in [5, 5.41) is 24.3. The number of carbonyl (C=O) groups is 3. The molecule has 5 rings (SSSR count). The third kappa shape index (κ3) is 6.92. The molecule has 12 nitrogen and oxygen atoms in total. The van der Waals surface area contributed by atoms with Crippen molar-refractivity contribution in [3.63, 3.8) is 0 Å². The van der Waals surface area contributed by atoms with Crippen LogP contribution in [0.2, 0.25) is 0 Å². The Hall–Kier alpha value is -1.83. The second-order valence-electron chi connectivity index (χ2n) is 14.9. The molecule has 5 heterocycles. The van der Waals surface area contributed by atoms with Crippen LogP contribution >= 0.6 is 0 Å². The number of Topliss-reactive ketones (excluding diaryl/α,β-unsaturated/α-hetero) is 1. The fourth-order valence-corrected chi connectivity index (χ4v) is 8.22. The minimum Gasteiger partial charge on any atom is -0.457 e. The van der Waals surface area contributed by atoms with E-state index in [4.69, 9.17) is 23.7 Å². The molecule has 2 bridgehead atoms. The molecule has 45 heavy (non-hydrogen) atoms. The Kier molecular flexibility index (Phi) is 11.0. The van der Waals surface area contributed by atoms with Gasteiger partial charge in [-0.05, 0) is 78.8 Å². The van der Waals surface area contributed by atoms with Crippen molar-refractivity contribution < 1.29 is 48.3 Å². The van der Waals surface area contributed by atoms with Crippen LogP contribution in [0.3, 0.4) is 0 Å². The molecular weight excluding hydrogens is 584 g/mol. The van der Waals surface area contributed by atoms with Gasteiger partial charge >= 0.3 is 12.1 Å². The largest absolute Gasteiger partial charge is 0.457 e. The minimum atomic E-state index is -1.57. The standard InChI is InChI=1S/C33H56N2O10/c1-10-23-33(7)25(34-30(40)45-33)19(3)12-11-18(2)16-32(6)27(20(4)26(38)31(5,13-14-41-32)29(39)43-23)44-28-24(37)22(35(8)9)15-21(17-36)42-28/h18-25,27-28,36-37H,10-17H2,1-9H3,(H,34,40)/t18-,19-,20-,21-,22-,23+,24+,25+,27+,28-,31-,32+,33+/m0/s1. The second-order valence-corrected chi connectivity index (χ2v) is 14.9. The maximum atomic E-state index is 14.5. The van der Waals surface area contributed by atoms with E-state index < -0.39 is 65.3 Å². The Morgan fingerprint density at radius 2 is 1.78 bits per heavy atom. The average molecular weight is 641 g/mol. The topological polar surface area (TPSA) is 153 Å². The zero-order valence-corrected chi connectivity index (χ0v) is 28.5. The first kappa shape index (κ1) is 36.0. The van der Waals surface area contributed by atoms with Gasteiger partial charge < -0.3 is 44.1 Å². The van der Waals surface area contributed by atoms with E-state index in [-0.39, 0.29) is 49.3 Å². The number of nitrogens with zero attached hydrogens (tertiary/aromatic N) is 1. The van der Waals surface area contributed by atoms with E-state index in [9.17, 15) is 24.6 Å². The summed E-state index contributed by atoms with van der Waals surface area (Å²) in [6, 6.07) is -0.733. The predicted octanol–water partition coefficient (Wildman–Crippen LogP) is 2.81. The molecule has 12 heteroatoms. The number of carbonyl (C=O) groups excluding carboxylic acids is 3. The smallest absolute Gasteiger partial charge is 0.408 e. The molecule has 0 aromatic carbocycles. The first-order valence-electron chi connectivity index (χ1n) is 16.7. The molecule has 5 saturated heterocycles. The number of alkyl carbamates (subject to hydrolysis) is 1. The molecule has 0 aliphatic carbocycles. The molecule has 0 unspecified atom stereocenters. The fourth-order valence-electron chi connectivity index (χ4n) is 8.22. The van der Waals surface area contributed by atoms with Gasteiger partial charge in [-0.3, -0.25) is 9.59 Å². The number of esters is 1. The molecule has 0 aromatic heterocycles. The Morgan fingerprint density at radius 1 is 1.09 bits per heavy atom. The highest BCUT2D eigenvalue weighted by atomic mass is 16.7. The maximum absolute atomic E-state index is 14.5. The van der Waals surface area contributed by atoms with Crippen LogP contribution < -0.4 is 5.32 Å². The van der Waals surface area contributed by atoms with Gasteiger partial charge in [-0.15, -0.1) is 0 Å². The highest BCUT2D eigenvalue weighted by Crippen LogP contribution is 2.44. The summed E-state index contributed by atoms with van der Waals surface area (Å²) in [6.07, 6.45) is -1.96. The first-order valence-corrected chi connectivity index (χ1v) is 16.7. The van der Waals surface area contributed by atoms with E-state index in [1.54, 1.807) is 20.8 Å². The van der Waals surface area contributed by atoms with Gasteiger partial charge in [0.05, 0.1) is 30.5 Å². The monoisotopic (exact) mass is 640 g/mol. The van der Waals surface area contributed by atoms with Crippen molar-refractivity contribution >= 4 is 17.8 Å². The van der Waals surface area contributed by atoms with Crippen LogP contribution in [0.5, 0.6) is 0 Å². The molecule has 1 amide bonds. The lowest BCUT2D eigenvalue weighted by atomic mass is 9.70. The number of aliphatic hydroxyl groups excluding tert-OH is 2. The van der Waals surface area contributed by atoms with E-state index in [1.807, 2.05) is 32.8 Å². The summed E-state index contributed by atoms with van der Waals surface area (Å²) in [5.41, 5.74) is -3.66. The van der Waals surface area contributed by atoms with Gasteiger partial charge in [0.1, 0.15) is 17.6 Å². The Morgan fingerprint density at radius 3 is 2.40 bits per heavy atom. The number of hydrogen-bond donors (Lipinski definition) is 3. The molecular formula is C33H56N2O10. The Balaban J connectivity index is 1.76. The summed E-state index contributed by atoms with van der Waals surface area (Å²) in [6.45, 7) is 13.0. The number of nitrogens with one attached hydrogen (secondary N) is 1. The molecule has 0 aromatic rings. The number of ether oxygens (including phenoxy) is 5. The van der Waals surface area contributed by atoms with Crippen LogP contribution in [0.15, 0.2) is 0 Å². The van der Waals surface area contributed by atoms with Gasteiger partial charge in [-0.2, -0.15) is 0 Å². The molecule has 13 atom stereocenters. The number of rotatable bonds is 5. The normalized spacial score (nSPS) is 46.8. The molecule has 5 aliphatic rings. The lowest BCUT2D eigenvalue weighted by Gasteiger charge is -2.49. The zero-order valence-electron chi connectivity index (χ0n) is 28.5. The van der Waals surface area contributed by atoms with Crippen LogP contribution in [0.25, 0.3) is 0 Å². The summed E-state index contributed by atoms with van der Waals surface area (Å²) >= 11 is 0. The van der Waals surface area contributed by atoms with E-state index in [0.29, 0.717) is 19.3 Å². The molecule has 0 saturated carbocycles. The number of amides is 1. The highest BCUT2D eigenvalue weighted by molar-refractivity contribution is 6.04. The molecule has 258 valence electrons. The maximum Gasteiger partial charge on any atom is 0.408 e. The minimum absolute atomic E-state index is 0.00207. The van der Waals surface area contributed by atoms with Crippen molar-refractivity contribution in [1.82, 2.24) is 10.2 Å². The Bertz CT molecular complexity index is 1090. The molecule has 5 fully saturated rings. The van der Waals surface area contributed by atoms with E-state index in [2.05, 4.69) is 19.2 Å². The number of fused-ring (bicyclic) bond motifs is 10. The van der Waals surface area contributed by atoms with Crippen LogP contribution in [0, 0.1) is 23.2 Å². The van der Waals surface area contributed by atoms with Gasteiger partial charge in [0.25, 0.3) is 0 Å². The summed E-state index contributed by atoms with van der Waals surface area (Å²) < 4.78 is 31.3. The van der Waals surface area contributed by atoms with Crippen LogP contribution in [0.1, 0.15) is 87.0 Å². The van der Waals surface area contributed by atoms with Crippen molar-refractivity contribution in [3.8, 4) is 0 Å². The van der Waals surface area contributed by atoms with Gasteiger partial charge in [0, 0.05) is 18.6 Å². The van der Waals surface area contributed by atoms with E-state index in [0.717, 1.165) is 12.8 Å². The number of ketones is 1. The molecule has 0 radical (unpaired) electrons. The average Bonchev–Trinajstić information content (AvgIpc) is 3.30. The van der Waals surface area contributed by atoms with Gasteiger partial charge in [-0.25, -0.2) is 4.79 Å². The lowest BCUT2D eigenvalue weighted by molar-refractivity contribution is -0.304. The third-order valence-corrected chi connectivity index (χ3v) is 11.0. The Labute approximate surface area is 267 Å². The summed E-state index contributed by atoms with van der Waals surface area (Å²) in [4.78, 5) is 43.0. The molecule has 0 spiro atoms. The number of hydrogen-bond acceptors (Lipinski definition) is 11. The van der Waals surface area contributed by atoms with Gasteiger partial charge in [-0.1, -0.05) is 34.1 Å². The van der Waals surface area contributed by atoms with Crippen molar-refractivity contribution in [2.24, 2.45) is 23.2 Å². The van der Waals surface area contributed by atoms with Gasteiger partial charge in [0.2, 0.25) is 0 Å². The second kappa shape index (κ2) is 13.7. The van der Waals surface area contributed by atoms with Crippen molar-refractivity contribution in [2.45, 2.75) is 141 Å². The van der Waals surface area contributed by atoms with Crippen LogP contribution in [-0.4, -0.2) is 114 Å². The third-order valence-electron chi connectivity index (χ3n) is 11.0. The highest BCUT2D eigenvalue weighted by Gasteiger charge is 2.58. The van der Waals surface area contributed by atoms with Crippen LogP contribution in [0.4, 0.5) is 4.79 Å². The van der Waals surface area contributed by atoms with E-state index in [1.165, 1.54) is 0 Å². The molecule has 3 N–H and O–H groups in total. The van der Waals surface area contributed by atoms with Crippen molar-refractivity contribution in [1.29, 1.82) is 0 Å². The zero-order chi connectivity index (χ0) is 33.5. The number of aliphatic hydroxyl groups is 2. The van der Waals surface area contributed by atoms with E-state index >= 15 is 0 Å². The lowest BCUT2D eigenvalue weighted by Crippen LogP contribution is -2.61. The van der Waals surface area contributed by atoms with Gasteiger partial charge in [0.15, 0.2) is 17.7 Å². The SMILES string of the molecule is CC[C@H]1OC(=O)[C@@]2(C)CCO[C@](C)(C[C@@H](C)CC[C@H](C)[C@H]3NC(=O)O[C@@]31C)[C@H](O[C@@H]1O[C@H](CO)C[C@H](N(C)C)[C@H]1O)[C@@H](C)C2=O. The fraction of sp³-hybridized carbons (Fsp3) is 0.909. The quantitative estimate of drug-likeness (QED) is 0.300. The first-order chi connectivity index (χ1) is 21.0.